The fourth-order valence-corrected chi connectivity index (χ4v) is 2.36. The number of rotatable bonds is 4. The van der Waals surface area contributed by atoms with E-state index < -0.39 is 0 Å². The number of halogens is 1. The molecule has 0 aromatic heterocycles. The standard InChI is InChI=1S/C14H19FN2O/c1-10(2)16-13-7-14(18)17(9-13)8-11-4-3-5-12(15)6-11/h3-6,10,13,16H,7-9H2,1-2H3/t13-/m0/s1. The van der Waals surface area contributed by atoms with Gasteiger partial charge in [-0.3, -0.25) is 4.79 Å². The van der Waals surface area contributed by atoms with Crippen molar-refractivity contribution < 1.29 is 9.18 Å². The predicted molar refractivity (Wildman–Crippen MR) is 68.5 cm³/mol. The molecular formula is C14H19FN2O. The van der Waals surface area contributed by atoms with Crippen LogP contribution in [0.1, 0.15) is 25.8 Å². The monoisotopic (exact) mass is 250 g/mol. The lowest BCUT2D eigenvalue weighted by molar-refractivity contribution is -0.128. The Morgan fingerprint density at radius 2 is 2.28 bits per heavy atom. The molecule has 4 heteroatoms. The number of nitrogens with zero attached hydrogens (tertiary/aromatic N) is 1. The Morgan fingerprint density at radius 1 is 1.50 bits per heavy atom. The smallest absolute Gasteiger partial charge is 0.224 e. The van der Waals surface area contributed by atoms with Crippen LogP contribution < -0.4 is 5.32 Å². The summed E-state index contributed by atoms with van der Waals surface area (Å²) in [7, 11) is 0. The van der Waals surface area contributed by atoms with E-state index in [0.29, 0.717) is 25.6 Å². The summed E-state index contributed by atoms with van der Waals surface area (Å²) in [5, 5.41) is 3.36. The van der Waals surface area contributed by atoms with Gasteiger partial charge in [0.25, 0.3) is 0 Å². The number of hydrogen-bond donors (Lipinski definition) is 1. The molecular weight excluding hydrogens is 231 g/mol. The van der Waals surface area contributed by atoms with E-state index in [-0.39, 0.29) is 17.8 Å². The molecule has 2 rings (SSSR count). The molecule has 1 aliphatic rings. The Balaban J connectivity index is 1.96. The first-order valence-electron chi connectivity index (χ1n) is 6.33. The first-order chi connectivity index (χ1) is 8.54. The zero-order valence-corrected chi connectivity index (χ0v) is 10.8. The van der Waals surface area contributed by atoms with Crippen molar-refractivity contribution in [2.45, 2.75) is 38.9 Å². The molecule has 1 aromatic carbocycles. The minimum absolute atomic E-state index is 0.136. The first-order valence-corrected chi connectivity index (χ1v) is 6.33. The number of likely N-dealkylation sites (tertiary alicyclic amines) is 1. The predicted octanol–water partition coefficient (Wildman–Crippen LogP) is 1.92. The van der Waals surface area contributed by atoms with Gasteiger partial charge in [0.1, 0.15) is 5.82 Å². The van der Waals surface area contributed by atoms with Gasteiger partial charge in [0.15, 0.2) is 0 Å². The number of nitrogens with one attached hydrogen (secondary N) is 1. The van der Waals surface area contributed by atoms with E-state index in [2.05, 4.69) is 19.2 Å². The van der Waals surface area contributed by atoms with Gasteiger partial charge in [0.2, 0.25) is 5.91 Å². The van der Waals surface area contributed by atoms with Crippen molar-refractivity contribution in [3.8, 4) is 0 Å². The van der Waals surface area contributed by atoms with Gasteiger partial charge in [0.05, 0.1) is 0 Å². The Labute approximate surface area is 107 Å². The maximum absolute atomic E-state index is 13.1. The van der Waals surface area contributed by atoms with E-state index in [0.717, 1.165) is 5.56 Å². The molecule has 1 atom stereocenters. The van der Waals surface area contributed by atoms with Crippen molar-refractivity contribution in [3.63, 3.8) is 0 Å². The van der Waals surface area contributed by atoms with Crippen molar-refractivity contribution in [1.82, 2.24) is 10.2 Å². The first kappa shape index (κ1) is 13.0. The van der Waals surface area contributed by atoms with Gasteiger partial charge in [-0.05, 0) is 17.7 Å². The highest BCUT2D eigenvalue weighted by Crippen LogP contribution is 2.16. The lowest BCUT2D eigenvalue weighted by atomic mass is 10.2. The van der Waals surface area contributed by atoms with Gasteiger partial charge in [-0.2, -0.15) is 0 Å². The van der Waals surface area contributed by atoms with Crippen LogP contribution in [0.2, 0.25) is 0 Å². The third-order valence-electron chi connectivity index (χ3n) is 3.05. The summed E-state index contributed by atoms with van der Waals surface area (Å²) in [6, 6.07) is 7.01. The summed E-state index contributed by atoms with van der Waals surface area (Å²) >= 11 is 0. The van der Waals surface area contributed by atoms with E-state index in [1.54, 1.807) is 11.0 Å². The summed E-state index contributed by atoms with van der Waals surface area (Å²) in [5.74, 6) is -0.117. The summed E-state index contributed by atoms with van der Waals surface area (Å²) in [6.45, 7) is 5.33. The van der Waals surface area contributed by atoms with E-state index in [9.17, 15) is 9.18 Å². The SMILES string of the molecule is CC(C)N[C@H]1CC(=O)N(Cc2cccc(F)c2)C1. The third-order valence-corrected chi connectivity index (χ3v) is 3.05. The third kappa shape index (κ3) is 3.29. The molecule has 0 spiro atoms. The van der Waals surface area contributed by atoms with Gasteiger partial charge in [-0.25, -0.2) is 4.39 Å². The average molecular weight is 250 g/mol. The molecule has 3 nitrogen and oxygen atoms in total. The minimum Gasteiger partial charge on any atom is -0.337 e. The molecule has 98 valence electrons. The molecule has 0 unspecified atom stereocenters. The van der Waals surface area contributed by atoms with Crippen LogP contribution in [0, 0.1) is 5.82 Å². The van der Waals surface area contributed by atoms with Crippen LogP contribution in [0.5, 0.6) is 0 Å². The normalized spacial score (nSPS) is 19.9. The lowest BCUT2D eigenvalue weighted by Crippen LogP contribution is -2.36. The number of carbonyl (C=O) groups excluding carboxylic acids is 1. The zero-order chi connectivity index (χ0) is 13.1. The van der Waals surface area contributed by atoms with Gasteiger partial charge in [0, 0.05) is 31.6 Å². The summed E-state index contributed by atoms with van der Waals surface area (Å²) < 4.78 is 13.1. The number of benzene rings is 1. The second-order valence-corrected chi connectivity index (χ2v) is 5.13. The van der Waals surface area contributed by atoms with Crippen LogP contribution in [-0.4, -0.2) is 29.4 Å². The lowest BCUT2D eigenvalue weighted by Gasteiger charge is -2.18. The number of amides is 1. The molecule has 1 N–H and O–H groups in total. The van der Waals surface area contributed by atoms with E-state index in [1.807, 2.05) is 6.07 Å². The molecule has 0 bridgehead atoms. The minimum atomic E-state index is -0.254. The van der Waals surface area contributed by atoms with Crippen LogP contribution in [0.4, 0.5) is 4.39 Å². The maximum atomic E-state index is 13.1. The fraction of sp³-hybridized carbons (Fsp3) is 0.500. The van der Waals surface area contributed by atoms with E-state index in [4.69, 9.17) is 0 Å². The van der Waals surface area contributed by atoms with Crippen LogP contribution in [-0.2, 0) is 11.3 Å². The summed E-state index contributed by atoms with van der Waals surface area (Å²) in [5.41, 5.74) is 0.841. The van der Waals surface area contributed by atoms with Crippen molar-refractivity contribution in [3.05, 3.63) is 35.6 Å². The second kappa shape index (κ2) is 5.48. The fourth-order valence-electron chi connectivity index (χ4n) is 2.36. The Bertz CT molecular complexity index is 434. The molecule has 0 saturated carbocycles. The quantitative estimate of drug-likeness (QED) is 0.885. The van der Waals surface area contributed by atoms with Gasteiger partial charge < -0.3 is 10.2 Å². The van der Waals surface area contributed by atoms with E-state index >= 15 is 0 Å². The van der Waals surface area contributed by atoms with Crippen molar-refractivity contribution in [2.75, 3.05) is 6.54 Å². The Kier molecular flexibility index (Phi) is 3.97. The molecule has 1 saturated heterocycles. The molecule has 1 amide bonds. The Morgan fingerprint density at radius 3 is 2.94 bits per heavy atom. The summed E-state index contributed by atoms with van der Waals surface area (Å²) in [6.07, 6.45) is 0.535. The maximum Gasteiger partial charge on any atom is 0.224 e. The average Bonchev–Trinajstić information content (AvgIpc) is 2.58. The van der Waals surface area contributed by atoms with Crippen LogP contribution >= 0.6 is 0 Å². The molecule has 1 heterocycles. The largest absolute Gasteiger partial charge is 0.337 e. The molecule has 0 radical (unpaired) electrons. The molecule has 0 aliphatic carbocycles. The van der Waals surface area contributed by atoms with Crippen LogP contribution in [0.15, 0.2) is 24.3 Å². The van der Waals surface area contributed by atoms with Crippen LogP contribution in [0.25, 0.3) is 0 Å². The van der Waals surface area contributed by atoms with Gasteiger partial charge in [-0.1, -0.05) is 26.0 Å². The number of carbonyl (C=O) groups is 1. The van der Waals surface area contributed by atoms with Gasteiger partial charge in [-0.15, -0.1) is 0 Å². The van der Waals surface area contributed by atoms with Crippen molar-refractivity contribution in [2.24, 2.45) is 0 Å². The summed E-state index contributed by atoms with van der Waals surface area (Å²) in [4.78, 5) is 13.6. The Hall–Kier alpha value is -1.42. The molecule has 18 heavy (non-hydrogen) atoms. The zero-order valence-electron chi connectivity index (χ0n) is 10.8. The molecule has 1 aromatic rings. The topological polar surface area (TPSA) is 32.3 Å². The highest BCUT2D eigenvalue weighted by molar-refractivity contribution is 5.79. The van der Waals surface area contributed by atoms with Crippen molar-refractivity contribution >= 4 is 5.91 Å². The van der Waals surface area contributed by atoms with Crippen molar-refractivity contribution in [1.29, 1.82) is 0 Å². The van der Waals surface area contributed by atoms with Gasteiger partial charge >= 0.3 is 0 Å². The van der Waals surface area contributed by atoms with E-state index in [1.165, 1.54) is 12.1 Å². The highest BCUT2D eigenvalue weighted by atomic mass is 19.1. The van der Waals surface area contributed by atoms with Crippen LogP contribution in [0.3, 0.4) is 0 Å². The molecule has 1 aliphatic heterocycles. The molecule has 1 fully saturated rings. The number of hydrogen-bond acceptors (Lipinski definition) is 2. The highest BCUT2D eigenvalue weighted by Gasteiger charge is 2.29. The second-order valence-electron chi connectivity index (χ2n) is 5.13.